The van der Waals surface area contributed by atoms with Gasteiger partial charge in [0, 0.05) is 0 Å². The molecule has 0 fully saturated rings. The fourth-order valence-corrected chi connectivity index (χ4v) is 35.4. The molecule has 42 heavy (non-hydrogen) atoms. The van der Waals surface area contributed by atoms with Crippen molar-refractivity contribution >= 4 is 81.0 Å². The van der Waals surface area contributed by atoms with Gasteiger partial charge in [0.05, 0.1) is 0 Å². The number of hydrogen-bond acceptors (Lipinski definition) is 0. The fourth-order valence-electron chi connectivity index (χ4n) is 5.58. The van der Waals surface area contributed by atoms with Crippen LogP contribution in [0.5, 0.6) is 0 Å². The molecule has 0 bridgehead atoms. The Labute approximate surface area is 266 Å². The topological polar surface area (TPSA) is 0 Å². The third kappa shape index (κ3) is 5.77. The van der Waals surface area contributed by atoms with Crippen LogP contribution < -0.4 is 31.8 Å². The first-order valence-corrected chi connectivity index (χ1v) is 23.5. The minimum absolute atomic E-state index is 0.249. The Bertz CT molecular complexity index is 1590. The molecule has 0 spiro atoms. The van der Waals surface area contributed by atoms with Crippen LogP contribution in [0.25, 0.3) is 0 Å². The van der Waals surface area contributed by atoms with E-state index >= 15 is 0 Å². The zero-order valence-electron chi connectivity index (χ0n) is 23.1. The van der Waals surface area contributed by atoms with Crippen LogP contribution in [-0.2, 0) is 0 Å². The number of hydrogen-bond donors (Lipinski definition) is 0. The first-order chi connectivity index (χ1) is 20.6. The summed E-state index contributed by atoms with van der Waals surface area (Å²) in [6.45, 7) is 0. The second-order valence-corrected chi connectivity index (χ2v) is 26.5. The average Bonchev–Trinajstić information content (AvgIpc) is 3.09. The molecule has 0 saturated carbocycles. The van der Waals surface area contributed by atoms with E-state index in [0.29, 0.717) is 0 Å². The summed E-state index contributed by atoms with van der Waals surface area (Å²) in [7, 11) is -0.848. The Kier molecular flexibility index (Phi) is 9.57. The van der Waals surface area contributed by atoms with Gasteiger partial charge in [-0.1, -0.05) is 0 Å². The van der Waals surface area contributed by atoms with Crippen molar-refractivity contribution in [3.63, 3.8) is 0 Å². The minimum atomic E-state index is -2.20. The molecule has 0 radical (unpaired) electrons. The van der Waals surface area contributed by atoms with Crippen LogP contribution in [-0.4, -0.2) is 35.3 Å². The fraction of sp³-hybridized carbons (Fsp3) is 0.0270. The van der Waals surface area contributed by atoms with Crippen molar-refractivity contribution in [1.29, 1.82) is 0 Å². The van der Waals surface area contributed by atoms with Gasteiger partial charge in [0.2, 0.25) is 0 Å². The van der Waals surface area contributed by atoms with E-state index in [1.54, 1.807) is 0 Å². The molecule has 0 aliphatic heterocycles. The molecule has 206 valence electrons. The maximum absolute atomic E-state index is 4.02. The molecule has 0 amide bonds. The van der Waals surface area contributed by atoms with E-state index in [-0.39, 0.29) is 5.14 Å². The number of rotatable bonds is 9. The summed E-state index contributed by atoms with van der Waals surface area (Å²) in [5.74, 6) is 0. The summed E-state index contributed by atoms with van der Waals surface area (Å²) in [6.07, 6.45) is 0. The van der Waals surface area contributed by atoms with Crippen molar-refractivity contribution in [2.24, 2.45) is 0 Å². The van der Waals surface area contributed by atoms with Crippen LogP contribution >= 0.6 is 18.9 Å². The predicted molar refractivity (Wildman–Crippen MR) is 193 cm³/mol. The SMILES string of the molecule is [Se]=P(c1ccccc1)(c1ccccc1)C(P(c1ccccc1)c1ccccc1)P(=[Se])(c1ccccc1)c1ccccc1. The molecule has 6 aromatic rings. The van der Waals surface area contributed by atoms with E-state index in [0.717, 1.165) is 0 Å². The third-order valence-corrected chi connectivity index (χ3v) is 33.0. The normalized spacial score (nSPS) is 12.0. The molecule has 0 N–H and O–H groups in total. The van der Waals surface area contributed by atoms with Crippen LogP contribution in [0.2, 0.25) is 0 Å². The van der Waals surface area contributed by atoms with E-state index in [1.807, 2.05) is 0 Å². The summed E-state index contributed by atoms with van der Waals surface area (Å²) in [6, 6.07) is 67.6. The molecule has 0 aliphatic rings. The monoisotopic (exact) mass is 728 g/mol. The van der Waals surface area contributed by atoms with E-state index in [2.05, 4.69) is 212 Å². The van der Waals surface area contributed by atoms with E-state index in [1.165, 1.54) is 31.8 Å². The van der Waals surface area contributed by atoms with E-state index in [9.17, 15) is 0 Å². The van der Waals surface area contributed by atoms with Crippen LogP contribution in [0.4, 0.5) is 0 Å². The summed E-state index contributed by atoms with van der Waals surface area (Å²) < 4.78 is 0. The molecule has 0 aliphatic carbocycles. The first kappa shape index (κ1) is 29.7. The zero-order valence-corrected chi connectivity index (χ0v) is 29.2. The third-order valence-electron chi connectivity index (χ3n) is 7.51. The maximum atomic E-state index is 4.02. The predicted octanol–water partition coefficient (Wildman–Crippen LogP) is 6.91. The molecule has 5 heteroatoms. The molecule has 0 aromatic heterocycles. The molecule has 6 rings (SSSR count). The molecule has 0 unspecified atom stereocenters. The van der Waals surface area contributed by atoms with Crippen LogP contribution in [0, 0.1) is 0 Å². The average molecular weight is 726 g/mol. The Balaban J connectivity index is 1.80. The zero-order chi connectivity index (χ0) is 28.8. The van der Waals surface area contributed by atoms with Gasteiger partial charge in [-0.15, -0.1) is 0 Å². The first-order valence-electron chi connectivity index (χ1n) is 13.9. The van der Waals surface area contributed by atoms with E-state index < -0.39 is 18.9 Å². The second-order valence-electron chi connectivity index (χ2n) is 10.0. The van der Waals surface area contributed by atoms with Crippen molar-refractivity contribution < 1.29 is 0 Å². The summed E-state index contributed by atoms with van der Waals surface area (Å²) in [5.41, 5.74) is -4.40. The second kappa shape index (κ2) is 13.5. The van der Waals surface area contributed by atoms with Gasteiger partial charge in [0.1, 0.15) is 0 Å². The van der Waals surface area contributed by atoms with Gasteiger partial charge in [-0.25, -0.2) is 0 Å². The van der Waals surface area contributed by atoms with Crippen molar-refractivity contribution in [3.05, 3.63) is 182 Å². The van der Waals surface area contributed by atoms with Gasteiger partial charge in [-0.3, -0.25) is 0 Å². The Morgan fingerprint density at radius 2 is 0.548 bits per heavy atom. The van der Waals surface area contributed by atoms with E-state index in [4.69, 9.17) is 0 Å². The van der Waals surface area contributed by atoms with Gasteiger partial charge in [-0.05, 0) is 0 Å². The molecular formula is C37H31P3Se2. The number of benzene rings is 6. The quantitative estimate of drug-likeness (QED) is 0.112. The van der Waals surface area contributed by atoms with Gasteiger partial charge in [0.25, 0.3) is 0 Å². The molecule has 0 nitrogen and oxygen atoms in total. The molecule has 0 saturated heterocycles. The Hall–Kier alpha value is -2.35. The van der Waals surface area contributed by atoms with Crippen molar-refractivity contribution in [2.45, 2.75) is 5.14 Å². The van der Waals surface area contributed by atoms with Crippen molar-refractivity contribution in [1.82, 2.24) is 0 Å². The molecular weight excluding hydrogens is 695 g/mol. The Morgan fingerprint density at radius 3 is 0.786 bits per heavy atom. The summed E-state index contributed by atoms with van der Waals surface area (Å²) in [4.78, 5) is 0. The van der Waals surface area contributed by atoms with Gasteiger partial charge < -0.3 is 0 Å². The Morgan fingerprint density at radius 1 is 0.333 bits per heavy atom. The molecule has 0 atom stereocenters. The van der Waals surface area contributed by atoms with Crippen LogP contribution in [0.1, 0.15) is 0 Å². The van der Waals surface area contributed by atoms with Gasteiger partial charge in [-0.2, -0.15) is 0 Å². The molecule has 6 aromatic carbocycles. The van der Waals surface area contributed by atoms with Gasteiger partial charge in [0.15, 0.2) is 0 Å². The molecule has 0 heterocycles. The van der Waals surface area contributed by atoms with Crippen LogP contribution in [0.15, 0.2) is 182 Å². The van der Waals surface area contributed by atoms with Crippen molar-refractivity contribution in [2.75, 3.05) is 0 Å². The van der Waals surface area contributed by atoms with Crippen molar-refractivity contribution in [3.8, 4) is 0 Å². The summed E-state index contributed by atoms with van der Waals surface area (Å²) >= 11 is 8.05. The standard InChI is InChI=1S/C37H31P3Se2/c41-39(33-23-11-3-12-24-33,34-25-13-4-14-26-34)37(38(31-19-7-1-8-20-31)32-21-9-2-10-22-32)40(42,35-27-15-5-16-28-35)36-29-17-6-18-30-36/h1-30,37H. The van der Waals surface area contributed by atoms with Crippen LogP contribution in [0.3, 0.4) is 0 Å². The summed E-state index contributed by atoms with van der Waals surface area (Å²) in [5, 5.41) is 8.64. The van der Waals surface area contributed by atoms with Gasteiger partial charge >= 0.3 is 268 Å².